The molecule has 0 atom stereocenters. The van der Waals surface area contributed by atoms with Gasteiger partial charge in [-0.25, -0.2) is 0 Å². The monoisotopic (exact) mass is 694 g/mol. The van der Waals surface area contributed by atoms with Crippen molar-refractivity contribution < 1.29 is 4.74 Å². The van der Waals surface area contributed by atoms with Crippen LogP contribution in [0.15, 0.2) is 194 Å². The Morgan fingerprint density at radius 2 is 0.944 bits per heavy atom. The van der Waals surface area contributed by atoms with E-state index in [-0.39, 0.29) is 5.41 Å². The van der Waals surface area contributed by atoms with Crippen LogP contribution in [0, 0.1) is 0 Å². The molecular weight excluding hydrogens is 657 g/mol. The Morgan fingerprint density at radius 3 is 1.69 bits per heavy atom. The van der Waals surface area contributed by atoms with Gasteiger partial charge in [0.05, 0.1) is 11.4 Å². The van der Waals surface area contributed by atoms with Gasteiger partial charge < -0.3 is 14.5 Å². The van der Waals surface area contributed by atoms with E-state index in [2.05, 4.69) is 206 Å². The predicted molar refractivity (Wildman–Crippen MR) is 224 cm³/mol. The molecule has 3 heteroatoms. The van der Waals surface area contributed by atoms with E-state index in [1.165, 1.54) is 33.4 Å². The Labute approximate surface area is 317 Å². The van der Waals surface area contributed by atoms with Gasteiger partial charge in [-0.1, -0.05) is 135 Å². The summed E-state index contributed by atoms with van der Waals surface area (Å²) in [5, 5.41) is 0. The summed E-state index contributed by atoms with van der Waals surface area (Å²) in [5.41, 5.74) is 16.4. The Balaban J connectivity index is 1.04. The quantitative estimate of drug-likeness (QED) is 0.172. The van der Waals surface area contributed by atoms with E-state index in [9.17, 15) is 0 Å². The van der Waals surface area contributed by atoms with Gasteiger partial charge in [0, 0.05) is 28.2 Å². The third-order valence-corrected chi connectivity index (χ3v) is 11.1. The first-order chi connectivity index (χ1) is 26.5. The summed E-state index contributed by atoms with van der Waals surface area (Å²) in [5.74, 6) is 1.68. The third kappa shape index (κ3) is 5.28. The first-order valence-electron chi connectivity index (χ1n) is 18.6. The number of fused-ring (bicyclic) bond motifs is 5. The molecule has 0 amide bonds. The molecule has 0 radical (unpaired) electrons. The molecule has 0 bridgehead atoms. The number of nitrogens with zero attached hydrogens (tertiary/aromatic N) is 2. The zero-order valence-electron chi connectivity index (χ0n) is 30.3. The maximum atomic E-state index is 6.54. The summed E-state index contributed by atoms with van der Waals surface area (Å²) < 4.78 is 6.54. The second kappa shape index (κ2) is 12.7. The lowest BCUT2D eigenvalue weighted by Crippen LogP contribution is -2.16. The van der Waals surface area contributed by atoms with Crippen molar-refractivity contribution in [2.24, 2.45) is 0 Å². The van der Waals surface area contributed by atoms with E-state index in [0.717, 1.165) is 56.8 Å². The third-order valence-electron chi connectivity index (χ3n) is 11.1. The van der Waals surface area contributed by atoms with Crippen LogP contribution in [0.4, 0.5) is 34.1 Å². The van der Waals surface area contributed by atoms with Crippen molar-refractivity contribution in [3.8, 4) is 44.9 Å². The smallest absolute Gasteiger partial charge is 0.152 e. The van der Waals surface area contributed by atoms with Gasteiger partial charge in [-0.05, 0) is 117 Å². The average molecular weight is 695 g/mol. The molecule has 0 saturated carbocycles. The van der Waals surface area contributed by atoms with Gasteiger partial charge in [-0.3, -0.25) is 0 Å². The second-order valence-electron chi connectivity index (χ2n) is 14.6. The molecule has 0 unspecified atom stereocenters. The lowest BCUT2D eigenvalue weighted by Gasteiger charge is -2.33. The second-order valence-corrected chi connectivity index (χ2v) is 14.6. The van der Waals surface area contributed by atoms with Crippen molar-refractivity contribution in [1.29, 1.82) is 0 Å². The van der Waals surface area contributed by atoms with Crippen LogP contribution in [-0.4, -0.2) is 0 Å². The van der Waals surface area contributed by atoms with Crippen LogP contribution in [0.2, 0.25) is 0 Å². The van der Waals surface area contributed by atoms with Crippen LogP contribution in [0.5, 0.6) is 11.5 Å². The molecule has 0 aromatic heterocycles. The molecule has 1 aliphatic carbocycles. The number of hydrogen-bond donors (Lipinski definition) is 0. The van der Waals surface area contributed by atoms with Gasteiger partial charge >= 0.3 is 0 Å². The Morgan fingerprint density at radius 1 is 0.407 bits per heavy atom. The fourth-order valence-electron chi connectivity index (χ4n) is 8.31. The predicted octanol–water partition coefficient (Wildman–Crippen LogP) is 14.4. The van der Waals surface area contributed by atoms with Gasteiger partial charge in [-0.2, -0.15) is 0 Å². The van der Waals surface area contributed by atoms with Crippen molar-refractivity contribution >= 4 is 34.1 Å². The standard InChI is InChI=1S/C51H38N2O/c1-51(2)45-18-10-9-17-43(45)44-31-30-42(34-46(44)51)52(40-26-21-36(22-27-40)35-13-5-3-6-14-35)41-28-23-37(24-29-41)38-25-32-48-50(33-38)54-49-20-12-11-19-47(49)53(48)39-15-7-4-8-16-39/h3-34H,1-2H3. The van der Waals surface area contributed by atoms with Gasteiger partial charge in [0.2, 0.25) is 0 Å². The number of rotatable bonds is 6. The zero-order valence-corrected chi connectivity index (χ0v) is 30.3. The maximum Gasteiger partial charge on any atom is 0.152 e. The summed E-state index contributed by atoms with van der Waals surface area (Å²) in [6.07, 6.45) is 0. The molecule has 0 saturated heterocycles. The van der Waals surface area contributed by atoms with Crippen LogP contribution in [0.1, 0.15) is 25.0 Å². The van der Waals surface area contributed by atoms with Crippen LogP contribution >= 0.6 is 0 Å². The lowest BCUT2D eigenvalue weighted by molar-refractivity contribution is 0.477. The van der Waals surface area contributed by atoms with E-state index in [4.69, 9.17) is 4.74 Å². The molecule has 0 N–H and O–H groups in total. The fourth-order valence-corrected chi connectivity index (χ4v) is 8.31. The van der Waals surface area contributed by atoms with E-state index in [0.29, 0.717) is 0 Å². The first kappa shape index (κ1) is 31.9. The van der Waals surface area contributed by atoms with Gasteiger partial charge in [-0.15, -0.1) is 0 Å². The molecule has 258 valence electrons. The maximum absolute atomic E-state index is 6.54. The normalized spacial score (nSPS) is 13.3. The Hall–Kier alpha value is -6.84. The van der Waals surface area contributed by atoms with E-state index in [1.54, 1.807) is 0 Å². The first-order valence-corrected chi connectivity index (χ1v) is 18.6. The minimum atomic E-state index is -0.0975. The van der Waals surface area contributed by atoms with Gasteiger partial charge in [0.15, 0.2) is 11.5 Å². The number of benzene rings is 8. The fraction of sp³-hybridized carbons (Fsp3) is 0.0588. The van der Waals surface area contributed by atoms with Crippen molar-refractivity contribution in [2.45, 2.75) is 19.3 Å². The molecule has 1 heterocycles. The van der Waals surface area contributed by atoms with Gasteiger partial charge in [0.25, 0.3) is 0 Å². The highest BCUT2D eigenvalue weighted by atomic mass is 16.5. The largest absolute Gasteiger partial charge is 0.453 e. The van der Waals surface area contributed by atoms with Gasteiger partial charge in [0.1, 0.15) is 0 Å². The van der Waals surface area contributed by atoms with Crippen LogP contribution in [0.25, 0.3) is 33.4 Å². The number of para-hydroxylation sites is 3. The summed E-state index contributed by atoms with van der Waals surface area (Å²) >= 11 is 0. The molecule has 8 aromatic rings. The minimum absolute atomic E-state index is 0.0975. The Bertz CT molecular complexity index is 2650. The molecule has 8 aromatic carbocycles. The summed E-state index contributed by atoms with van der Waals surface area (Å²) in [7, 11) is 0. The highest BCUT2D eigenvalue weighted by Crippen LogP contribution is 2.52. The summed E-state index contributed by atoms with van der Waals surface area (Å²) in [4.78, 5) is 4.65. The van der Waals surface area contributed by atoms with Crippen LogP contribution in [-0.2, 0) is 5.41 Å². The average Bonchev–Trinajstić information content (AvgIpc) is 3.46. The highest BCUT2D eigenvalue weighted by molar-refractivity contribution is 5.89. The number of ether oxygens (including phenoxy) is 1. The molecule has 10 rings (SSSR count). The molecule has 54 heavy (non-hydrogen) atoms. The summed E-state index contributed by atoms with van der Waals surface area (Å²) in [6.45, 7) is 4.68. The molecule has 1 aliphatic heterocycles. The molecule has 2 aliphatic rings. The molecule has 0 fully saturated rings. The van der Waals surface area contributed by atoms with Crippen LogP contribution < -0.4 is 14.5 Å². The number of anilines is 6. The van der Waals surface area contributed by atoms with E-state index in [1.807, 2.05) is 12.1 Å². The molecular formula is C51H38N2O. The van der Waals surface area contributed by atoms with E-state index >= 15 is 0 Å². The van der Waals surface area contributed by atoms with E-state index < -0.39 is 0 Å². The Kier molecular flexibility index (Phi) is 7.48. The van der Waals surface area contributed by atoms with Crippen molar-refractivity contribution in [3.05, 3.63) is 205 Å². The molecule has 3 nitrogen and oxygen atoms in total. The number of hydrogen-bond acceptors (Lipinski definition) is 3. The van der Waals surface area contributed by atoms with Crippen molar-refractivity contribution in [1.82, 2.24) is 0 Å². The SMILES string of the molecule is CC1(C)c2ccccc2-c2ccc(N(c3ccc(-c4ccccc4)cc3)c3ccc(-c4ccc5c(c4)Oc4ccccc4N5c4ccccc4)cc3)cc21. The van der Waals surface area contributed by atoms with Crippen molar-refractivity contribution in [2.75, 3.05) is 9.80 Å². The zero-order chi connectivity index (χ0) is 36.2. The lowest BCUT2D eigenvalue weighted by atomic mass is 9.82. The summed E-state index contributed by atoms with van der Waals surface area (Å²) in [6, 6.07) is 69.5. The minimum Gasteiger partial charge on any atom is -0.453 e. The molecule has 0 spiro atoms. The topological polar surface area (TPSA) is 15.7 Å². The van der Waals surface area contributed by atoms with Crippen molar-refractivity contribution in [3.63, 3.8) is 0 Å². The van der Waals surface area contributed by atoms with Crippen LogP contribution in [0.3, 0.4) is 0 Å². The highest BCUT2D eigenvalue weighted by Gasteiger charge is 2.35.